The third-order valence-corrected chi connectivity index (χ3v) is 8.00. The molecule has 1 saturated heterocycles. The molecule has 4 rings (SSSR count). The zero-order chi connectivity index (χ0) is 33.0. The summed E-state index contributed by atoms with van der Waals surface area (Å²) in [6, 6.07) is 25.5. The maximum atomic E-state index is 12.7. The van der Waals surface area contributed by atoms with Crippen molar-refractivity contribution in [3.8, 4) is 0 Å². The first-order valence-corrected chi connectivity index (χ1v) is 15.6. The van der Waals surface area contributed by atoms with Gasteiger partial charge in [0.1, 0.15) is 6.10 Å². The zero-order valence-corrected chi connectivity index (χ0v) is 27.2. The summed E-state index contributed by atoms with van der Waals surface area (Å²) in [6.07, 6.45) is 4.87. The summed E-state index contributed by atoms with van der Waals surface area (Å²) in [5, 5.41) is 15.6. The smallest absolute Gasteiger partial charge is 0.328 e. The molecule has 0 radical (unpaired) electrons. The SMILES string of the molecule is Cc1cccc(C(OC2CCN(CCCC(=O)c3ccc(C(C)(C)C)cc3)CC2)c2ccccc2C)c1.O=C(O)C=CC(=O)O. The Morgan fingerprint density at radius 2 is 1.51 bits per heavy atom. The van der Waals surface area contributed by atoms with Crippen molar-refractivity contribution in [2.75, 3.05) is 19.6 Å². The molecule has 7 nitrogen and oxygen atoms in total. The van der Waals surface area contributed by atoms with Gasteiger partial charge in [0.15, 0.2) is 5.78 Å². The molecule has 240 valence electrons. The van der Waals surface area contributed by atoms with Crippen LogP contribution < -0.4 is 0 Å². The standard InChI is InChI=1S/C34H43NO2.C4H4O4/c1-25-10-8-12-28(24-25)33(31-13-7-6-11-26(31)2)37-30-19-22-35(23-20-30)21-9-14-32(36)27-15-17-29(18-16-27)34(3,4)5;5-3(6)1-2-4(7)8/h6-8,10-13,15-18,24,30,33H,9,14,19-23H2,1-5H3;1-2H,(H,5,6)(H,7,8). The second-order valence-electron chi connectivity index (χ2n) is 12.7. The molecule has 3 aromatic carbocycles. The average Bonchev–Trinajstić information content (AvgIpc) is 3.00. The van der Waals surface area contributed by atoms with Gasteiger partial charge in [0.25, 0.3) is 0 Å². The zero-order valence-electron chi connectivity index (χ0n) is 27.2. The first-order valence-electron chi connectivity index (χ1n) is 15.6. The van der Waals surface area contributed by atoms with E-state index in [0.29, 0.717) is 18.6 Å². The van der Waals surface area contributed by atoms with E-state index in [9.17, 15) is 14.4 Å². The number of likely N-dealkylation sites (tertiary alicyclic amines) is 1. The molecular formula is C38H47NO6. The molecule has 1 aliphatic rings. The maximum absolute atomic E-state index is 12.7. The lowest BCUT2D eigenvalue weighted by atomic mass is 9.86. The van der Waals surface area contributed by atoms with E-state index in [-0.39, 0.29) is 23.4 Å². The van der Waals surface area contributed by atoms with E-state index >= 15 is 0 Å². The van der Waals surface area contributed by atoms with Crippen LogP contribution in [0.5, 0.6) is 0 Å². The quantitative estimate of drug-likeness (QED) is 0.170. The first-order chi connectivity index (χ1) is 21.3. The molecule has 0 saturated carbocycles. The van der Waals surface area contributed by atoms with E-state index in [4.69, 9.17) is 14.9 Å². The monoisotopic (exact) mass is 613 g/mol. The lowest BCUT2D eigenvalue weighted by Gasteiger charge is -2.34. The second-order valence-corrected chi connectivity index (χ2v) is 12.7. The number of hydrogen-bond donors (Lipinski definition) is 2. The van der Waals surface area contributed by atoms with Crippen LogP contribution in [0.15, 0.2) is 84.9 Å². The highest BCUT2D eigenvalue weighted by molar-refractivity contribution is 5.96. The summed E-state index contributed by atoms with van der Waals surface area (Å²) in [5.41, 5.74) is 7.21. The maximum Gasteiger partial charge on any atom is 0.328 e. The number of benzene rings is 3. The van der Waals surface area contributed by atoms with Crippen molar-refractivity contribution in [1.29, 1.82) is 0 Å². The van der Waals surface area contributed by atoms with Crippen molar-refractivity contribution < 1.29 is 29.3 Å². The topological polar surface area (TPSA) is 104 Å². The number of carbonyl (C=O) groups is 3. The molecule has 1 heterocycles. The van der Waals surface area contributed by atoms with Crippen LogP contribution in [0.4, 0.5) is 0 Å². The van der Waals surface area contributed by atoms with Gasteiger partial charge in [-0.1, -0.05) is 99.1 Å². The molecule has 2 N–H and O–H groups in total. The van der Waals surface area contributed by atoms with Crippen molar-refractivity contribution in [2.24, 2.45) is 0 Å². The van der Waals surface area contributed by atoms with Crippen molar-refractivity contribution in [3.05, 3.63) is 118 Å². The van der Waals surface area contributed by atoms with E-state index in [1.807, 2.05) is 12.1 Å². The Kier molecular flexibility index (Phi) is 13.3. The minimum absolute atomic E-state index is 0.0417. The van der Waals surface area contributed by atoms with Crippen LogP contribution in [0.2, 0.25) is 0 Å². The highest BCUT2D eigenvalue weighted by Crippen LogP contribution is 2.32. The third-order valence-electron chi connectivity index (χ3n) is 8.00. The fourth-order valence-electron chi connectivity index (χ4n) is 5.41. The van der Waals surface area contributed by atoms with Gasteiger partial charge in [-0.15, -0.1) is 0 Å². The van der Waals surface area contributed by atoms with Gasteiger partial charge in [-0.2, -0.15) is 0 Å². The van der Waals surface area contributed by atoms with Crippen LogP contribution in [0.1, 0.15) is 90.7 Å². The Morgan fingerprint density at radius 1 is 0.889 bits per heavy atom. The summed E-state index contributed by atoms with van der Waals surface area (Å²) in [6.45, 7) is 13.9. The normalized spacial score (nSPS) is 14.9. The Morgan fingerprint density at radius 3 is 2.07 bits per heavy atom. The number of aryl methyl sites for hydroxylation is 2. The molecule has 45 heavy (non-hydrogen) atoms. The molecule has 1 atom stereocenters. The molecule has 0 amide bonds. The molecule has 1 fully saturated rings. The molecular weight excluding hydrogens is 566 g/mol. The second kappa shape index (κ2) is 16.8. The average molecular weight is 614 g/mol. The highest BCUT2D eigenvalue weighted by atomic mass is 16.5. The van der Waals surface area contributed by atoms with Gasteiger partial charge in [-0.3, -0.25) is 4.79 Å². The number of Topliss-reactive ketones (excluding diaryl/α,β-unsaturated/α-hetero) is 1. The number of ketones is 1. The van der Waals surface area contributed by atoms with Gasteiger partial charge in [0, 0.05) is 37.2 Å². The number of aliphatic carboxylic acids is 2. The van der Waals surface area contributed by atoms with Crippen LogP contribution in [0, 0.1) is 13.8 Å². The van der Waals surface area contributed by atoms with E-state index in [2.05, 4.69) is 100 Å². The van der Waals surface area contributed by atoms with Crippen molar-refractivity contribution in [1.82, 2.24) is 4.90 Å². The fourth-order valence-corrected chi connectivity index (χ4v) is 5.41. The van der Waals surface area contributed by atoms with E-state index < -0.39 is 11.9 Å². The predicted octanol–water partition coefficient (Wildman–Crippen LogP) is 7.55. The third kappa shape index (κ3) is 11.7. The van der Waals surface area contributed by atoms with Gasteiger partial charge in [0.05, 0.1) is 6.10 Å². The lowest BCUT2D eigenvalue weighted by molar-refractivity contribution is -0.134. The number of piperidine rings is 1. The van der Waals surface area contributed by atoms with Crippen molar-refractivity contribution in [3.63, 3.8) is 0 Å². The van der Waals surface area contributed by atoms with Crippen molar-refractivity contribution in [2.45, 2.75) is 77.9 Å². The van der Waals surface area contributed by atoms with Crippen LogP contribution in [-0.4, -0.2) is 58.6 Å². The van der Waals surface area contributed by atoms with Gasteiger partial charge >= 0.3 is 11.9 Å². The molecule has 3 aromatic rings. The number of nitrogens with zero attached hydrogens (tertiary/aromatic N) is 1. The Hall–Kier alpha value is -4.07. The molecule has 1 aliphatic heterocycles. The summed E-state index contributed by atoms with van der Waals surface area (Å²) in [5.74, 6) is -2.27. The van der Waals surface area contributed by atoms with E-state index in [1.165, 1.54) is 27.8 Å². The minimum Gasteiger partial charge on any atom is -0.478 e. The van der Waals surface area contributed by atoms with Gasteiger partial charge in [-0.25, -0.2) is 9.59 Å². The highest BCUT2D eigenvalue weighted by Gasteiger charge is 2.26. The summed E-state index contributed by atoms with van der Waals surface area (Å²) >= 11 is 0. The fraction of sp³-hybridized carbons (Fsp3) is 0.395. The van der Waals surface area contributed by atoms with E-state index in [1.54, 1.807) is 0 Å². The Bertz CT molecular complexity index is 1430. The number of carbonyl (C=O) groups excluding carboxylic acids is 1. The number of carboxylic acid groups (broad SMARTS) is 2. The van der Waals surface area contributed by atoms with Gasteiger partial charge in [0.2, 0.25) is 0 Å². The van der Waals surface area contributed by atoms with E-state index in [0.717, 1.165) is 44.5 Å². The minimum atomic E-state index is -1.26. The lowest BCUT2D eigenvalue weighted by Crippen LogP contribution is -2.38. The molecule has 0 bridgehead atoms. The Balaban J connectivity index is 0.000000610. The van der Waals surface area contributed by atoms with Gasteiger partial charge in [-0.05, 0) is 67.3 Å². The van der Waals surface area contributed by atoms with Crippen molar-refractivity contribution >= 4 is 17.7 Å². The first kappa shape index (κ1) is 35.4. The molecule has 7 heteroatoms. The number of carboxylic acids is 2. The van der Waals surface area contributed by atoms with Crippen LogP contribution in [0.25, 0.3) is 0 Å². The van der Waals surface area contributed by atoms with Gasteiger partial charge < -0.3 is 19.8 Å². The number of ether oxygens (including phenoxy) is 1. The van der Waals surface area contributed by atoms with Crippen LogP contribution in [0.3, 0.4) is 0 Å². The molecule has 0 spiro atoms. The summed E-state index contributed by atoms with van der Waals surface area (Å²) in [7, 11) is 0. The number of rotatable bonds is 11. The molecule has 1 unspecified atom stereocenters. The summed E-state index contributed by atoms with van der Waals surface area (Å²) < 4.78 is 6.80. The van der Waals surface area contributed by atoms with Crippen LogP contribution in [-0.2, 0) is 19.7 Å². The predicted molar refractivity (Wildman–Crippen MR) is 178 cm³/mol. The molecule has 0 aliphatic carbocycles. The summed E-state index contributed by atoms with van der Waals surface area (Å²) in [4.78, 5) is 34.3. The largest absolute Gasteiger partial charge is 0.478 e. The molecule has 0 aromatic heterocycles. The van der Waals surface area contributed by atoms with Crippen LogP contribution >= 0.6 is 0 Å². The Labute approximate surface area is 267 Å². The number of hydrogen-bond acceptors (Lipinski definition) is 5.